The molecule has 2 rings (SSSR count). The molecule has 1 aliphatic carbocycles. The van der Waals surface area contributed by atoms with Crippen molar-refractivity contribution in [2.75, 3.05) is 33.4 Å². The summed E-state index contributed by atoms with van der Waals surface area (Å²) in [7, 11) is 1.74. The summed E-state index contributed by atoms with van der Waals surface area (Å²) in [5.74, 6) is 1.67. The third-order valence-electron chi connectivity index (χ3n) is 4.27. The lowest BCUT2D eigenvalue weighted by Crippen LogP contribution is -2.31. The van der Waals surface area contributed by atoms with Crippen LogP contribution in [0, 0.1) is 5.92 Å². The van der Waals surface area contributed by atoms with Gasteiger partial charge in [0, 0.05) is 6.54 Å². The number of amides is 1. The first kappa shape index (κ1) is 17.6. The van der Waals surface area contributed by atoms with Crippen LogP contribution in [-0.2, 0) is 17.6 Å². The van der Waals surface area contributed by atoms with Gasteiger partial charge in [0.2, 0.25) is 0 Å². The van der Waals surface area contributed by atoms with Crippen LogP contribution in [0.2, 0.25) is 0 Å². The molecule has 5 heteroatoms. The Morgan fingerprint density at radius 1 is 1.35 bits per heavy atom. The summed E-state index contributed by atoms with van der Waals surface area (Å²) in [6, 6.07) is 6.34. The second kappa shape index (κ2) is 9.40. The maximum absolute atomic E-state index is 11.1. The number of methoxy groups -OCH3 is 1. The molecule has 0 aromatic heterocycles. The van der Waals surface area contributed by atoms with Crippen molar-refractivity contribution >= 4 is 6.09 Å². The highest BCUT2D eigenvalue weighted by Crippen LogP contribution is 2.31. The predicted octanol–water partition coefficient (Wildman–Crippen LogP) is 2.53. The van der Waals surface area contributed by atoms with Crippen molar-refractivity contribution in [2.45, 2.75) is 32.6 Å². The van der Waals surface area contributed by atoms with Gasteiger partial charge >= 0.3 is 6.09 Å². The summed E-state index contributed by atoms with van der Waals surface area (Å²) in [6.45, 7) is 4.78. The molecule has 1 atom stereocenters. The lowest BCUT2D eigenvalue weighted by atomic mass is 9.83. The Hall–Kier alpha value is -1.75. The van der Waals surface area contributed by atoms with E-state index < -0.39 is 0 Å². The number of alkyl carbamates (subject to hydrolysis) is 1. The van der Waals surface area contributed by atoms with E-state index in [-0.39, 0.29) is 6.09 Å². The standard InChI is InChI=1S/C18H28N2O3/c1-3-23-18(21)20-11-5-10-19-13-14-8-9-15-6-4-7-17(22-2)16(15)12-14/h4,6-7,14,19H,3,5,8-13H2,1-2H3,(H,20,21). The first-order chi connectivity index (χ1) is 11.2. The van der Waals surface area contributed by atoms with Crippen LogP contribution in [0.15, 0.2) is 18.2 Å². The second-order valence-electron chi connectivity index (χ2n) is 5.91. The SMILES string of the molecule is CCOC(=O)NCCCNCC1CCc2cccc(OC)c2C1. The Balaban J connectivity index is 1.65. The van der Waals surface area contributed by atoms with Crippen molar-refractivity contribution in [3.8, 4) is 5.75 Å². The van der Waals surface area contributed by atoms with Crippen molar-refractivity contribution in [2.24, 2.45) is 5.92 Å². The van der Waals surface area contributed by atoms with E-state index in [2.05, 4.69) is 28.8 Å². The van der Waals surface area contributed by atoms with Gasteiger partial charge in [0.1, 0.15) is 5.75 Å². The Labute approximate surface area is 138 Å². The Bertz CT molecular complexity index is 491. The molecule has 5 nitrogen and oxygen atoms in total. The summed E-state index contributed by atoms with van der Waals surface area (Å²) in [5, 5.41) is 6.23. The van der Waals surface area contributed by atoms with Gasteiger partial charge in [-0.25, -0.2) is 4.79 Å². The molecule has 1 unspecified atom stereocenters. The van der Waals surface area contributed by atoms with Gasteiger partial charge in [-0.2, -0.15) is 0 Å². The van der Waals surface area contributed by atoms with Crippen molar-refractivity contribution in [1.29, 1.82) is 0 Å². The quantitative estimate of drug-likeness (QED) is 0.723. The average Bonchev–Trinajstić information content (AvgIpc) is 2.57. The zero-order chi connectivity index (χ0) is 16.5. The van der Waals surface area contributed by atoms with Gasteiger partial charge < -0.3 is 20.1 Å². The molecule has 0 heterocycles. The predicted molar refractivity (Wildman–Crippen MR) is 91.0 cm³/mol. The van der Waals surface area contributed by atoms with Gasteiger partial charge in [0.25, 0.3) is 0 Å². The van der Waals surface area contributed by atoms with E-state index in [1.54, 1.807) is 14.0 Å². The summed E-state index contributed by atoms with van der Waals surface area (Å²) in [6.07, 6.45) is 4.00. The smallest absolute Gasteiger partial charge is 0.407 e. The number of carbonyl (C=O) groups excluding carboxylic acids is 1. The first-order valence-corrected chi connectivity index (χ1v) is 8.50. The summed E-state index contributed by atoms with van der Waals surface area (Å²) >= 11 is 0. The lowest BCUT2D eigenvalue weighted by molar-refractivity contribution is 0.152. The molecule has 0 radical (unpaired) electrons. The normalized spacial score (nSPS) is 16.5. The molecule has 2 N–H and O–H groups in total. The van der Waals surface area contributed by atoms with Crippen LogP contribution in [0.1, 0.15) is 30.9 Å². The number of aryl methyl sites for hydroxylation is 1. The number of rotatable bonds is 8. The van der Waals surface area contributed by atoms with Crippen LogP contribution in [0.4, 0.5) is 4.79 Å². The molecule has 128 valence electrons. The minimum atomic E-state index is -0.330. The van der Waals surface area contributed by atoms with Crippen LogP contribution in [0.5, 0.6) is 5.75 Å². The number of carbonyl (C=O) groups is 1. The number of hydrogen-bond acceptors (Lipinski definition) is 4. The molecule has 1 aromatic rings. The zero-order valence-corrected chi connectivity index (χ0v) is 14.2. The first-order valence-electron chi connectivity index (χ1n) is 8.50. The van der Waals surface area contributed by atoms with Gasteiger partial charge in [-0.3, -0.25) is 0 Å². The Morgan fingerprint density at radius 2 is 2.22 bits per heavy atom. The largest absolute Gasteiger partial charge is 0.496 e. The fraction of sp³-hybridized carbons (Fsp3) is 0.611. The van der Waals surface area contributed by atoms with Crippen molar-refractivity contribution < 1.29 is 14.3 Å². The third kappa shape index (κ3) is 5.43. The molecule has 1 aromatic carbocycles. The maximum Gasteiger partial charge on any atom is 0.407 e. The van der Waals surface area contributed by atoms with E-state index in [9.17, 15) is 4.79 Å². The molecule has 0 aliphatic heterocycles. The van der Waals surface area contributed by atoms with Gasteiger partial charge in [0.15, 0.2) is 0 Å². The van der Waals surface area contributed by atoms with Crippen LogP contribution in [0.25, 0.3) is 0 Å². The molecule has 0 saturated carbocycles. The van der Waals surface area contributed by atoms with Gasteiger partial charge in [-0.15, -0.1) is 0 Å². The number of ether oxygens (including phenoxy) is 2. The number of nitrogens with one attached hydrogen (secondary N) is 2. The van der Waals surface area contributed by atoms with Crippen molar-refractivity contribution in [3.63, 3.8) is 0 Å². The van der Waals surface area contributed by atoms with Gasteiger partial charge in [0.05, 0.1) is 13.7 Å². The number of benzene rings is 1. The fourth-order valence-corrected chi connectivity index (χ4v) is 3.08. The van der Waals surface area contributed by atoms with Crippen LogP contribution < -0.4 is 15.4 Å². The highest BCUT2D eigenvalue weighted by molar-refractivity contribution is 5.66. The number of hydrogen-bond donors (Lipinski definition) is 2. The number of fused-ring (bicyclic) bond motifs is 1. The van der Waals surface area contributed by atoms with Crippen LogP contribution >= 0.6 is 0 Å². The molecule has 0 fully saturated rings. The van der Waals surface area contributed by atoms with E-state index in [1.807, 2.05) is 0 Å². The third-order valence-corrected chi connectivity index (χ3v) is 4.27. The van der Waals surface area contributed by atoms with E-state index >= 15 is 0 Å². The molecular weight excluding hydrogens is 292 g/mol. The van der Waals surface area contributed by atoms with Crippen LogP contribution in [-0.4, -0.2) is 39.4 Å². The molecule has 0 spiro atoms. The second-order valence-corrected chi connectivity index (χ2v) is 5.91. The van der Waals surface area contributed by atoms with E-state index in [4.69, 9.17) is 9.47 Å². The molecule has 1 aliphatic rings. The molecule has 0 saturated heterocycles. The zero-order valence-electron chi connectivity index (χ0n) is 14.2. The Morgan fingerprint density at radius 3 is 3.00 bits per heavy atom. The van der Waals surface area contributed by atoms with Crippen molar-refractivity contribution in [3.05, 3.63) is 29.3 Å². The summed E-state index contributed by atoms with van der Waals surface area (Å²) in [4.78, 5) is 11.1. The van der Waals surface area contributed by atoms with E-state index in [0.717, 1.165) is 38.1 Å². The highest BCUT2D eigenvalue weighted by Gasteiger charge is 2.21. The summed E-state index contributed by atoms with van der Waals surface area (Å²) < 4.78 is 10.3. The topological polar surface area (TPSA) is 59.6 Å². The minimum absolute atomic E-state index is 0.330. The monoisotopic (exact) mass is 320 g/mol. The maximum atomic E-state index is 11.1. The molecular formula is C18H28N2O3. The van der Waals surface area contributed by atoms with Crippen LogP contribution in [0.3, 0.4) is 0 Å². The minimum Gasteiger partial charge on any atom is -0.496 e. The summed E-state index contributed by atoms with van der Waals surface area (Å²) in [5.41, 5.74) is 2.80. The lowest BCUT2D eigenvalue weighted by Gasteiger charge is -2.26. The Kier molecular flexibility index (Phi) is 7.20. The van der Waals surface area contributed by atoms with Crippen molar-refractivity contribution in [1.82, 2.24) is 10.6 Å². The molecule has 0 bridgehead atoms. The van der Waals surface area contributed by atoms with Gasteiger partial charge in [-0.05, 0) is 68.8 Å². The average molecular weight is 320 g/mol. The highest BCUT2D eigenvalue weighted by atomic mass is 16.5. The van der Waals surface area contributed by atoms with E-state index in [0.29, 0.717) is 19.1 Å². The molecule has 1 amide bonds. The fourth-order valence-electron chi connectivity index (χ4n) is 3.08. The van der Waals surface area contributed by atoms with Gasteiger partial charge in [-0.1, -0.05) is 12.1 Å². The van der Waals surface area contributed by atoms with E-state index in [1.165, 1.54) is 17.5 Å². The molecule has 23 heavy (non-hydrogen) atoms.